The standard InChI is InChI=1S/C10H14O2S/c1-3-12-10(11)6-8(2)9-4-5-13-7-9/h4-5,7-8H,3,6H2,1-2H3. The molecule has 72 valence electrons. The fraction of sp³-hybridized carbons (Fsp3) is 0.500. The van der Waals surface area contributed by atoms with E-state index in [4.69, 9.17) is 4.74 Å². The Labute approximate surface area is 82.5 Å². The molecule has 0 aromatic carbocycles. The van der Waals surface area contributed by atoms with Gasteiger partial charge in [0.15, 0.2) is 0 Å². The lowest BCUT2D eigenvalue weighted by atomic mass is 10.0. The summed E-state index contributed by atoms with van der Waals surface area (Å²) in [4.78, 5) is 11.1. The van der Waals surface area contributed by atoms with E-state index in [0.29, 0.717) is 13.0 Å². The van der Waals surface area contributed by atoms with E-state index in [2.05, 4.69) is 11.4 Å². The second kappa shape index (κ2) is 5.02. The Bertz CT molecular complexity index is 254. The van der Waals surface area contributed by atoms with E-state index in [0.717, 1.165) is 0 Å². The predicted octanol–water partition coefficient (Wildman–Crippen LogP) is 2.80. The Hall–Kier alpha value is -0.830. The van der Waals surface area contributed by atoms with Crippen LogP contribution in [0.3, 0.4) is 0 Å². The summed E-state index contributed by atoms with van der Waals surface area (Å²) in [5.74, 6) is 0.159. The van der Waals surface area contributed by atoms with Crippen LogP contribution in [0.25, 0.3) is 0 Å². The normalized spacial score (nSPS) is 12.5. The zero-order chi connectivity index (χ0) is 9.68. The number of carbonyl (C=O) groups is 1. The van der Waals surface area contributed by atoms with E-state index >= 15 is 0 Å². The largest absolute Gasteiger partial charge is 0.466 e. The van der Waals surface area contributed by atoms with Crippen LogP contribution in [0.5, 0.6) is 0 Å². The molecule has 1 heterocycles. The van der Waals surface area contributed by atoms with E-state index in [1.165, 1.54) is 5.56 Å². The molecule has 0 aliphatic heterocycles. The van der Waals surface area contributed by atoms with Gasteiger partial charge < -0.3 is 4.74 Å². The van der Waals surface area contributed by atoms with E-state index < -0.39 is 0 Å². The van der Waals surface area contributed by atoms with Gasteiger partial charge in [-0.3, -0.25) is 4.79 Å². The first-order valence-electron chi connectivity index (χ1n) is 4.41. The van der Waals surface area contributed by atoms with Crippen LogP contribution < -0.4 is 0 Å². The van der Waals surface area contributed by atoms with Gasteiger partial charge in [0.1, 0.15) is 0 Å². The van der Waals surface area contributed by atoms with Crippen LogP contribution >= 0.6 is 11.3 Å². The number of carbonyl (C=O) groups excluding carboxylic acids is 1. The molecule has 0 spiro atoms. The molecule has 2 nitrogen and oxygen atoms in total. The zero-order valence-electron chi connectivity index (χ0n) is 7.95. The van der Waals surface area contributed by atoms with Gasteiger partial charge in [-0.15, -0.1) is 0 Å². The number of rotatable bonds is 4. The second-order valence-corrected chi connectivity index (χ2v) is 3.75. The van der Waals surface area contributed by atoms with Crippen molar-refractivity contribution in [2.45, 2.75) is 26.2 Å². The van der Waals surface area contributed by atoms with Crippen molar-refractivity contribution in [1.29, 1.82) is 0 Å². The molecule has 3 heteroatoms. The minimum absolute atomic E-state index is 0.110. The van der Waals surface area contributed by atoms with E-state index in [9.17, 15) is 4.79 Å². The summed E-state index contributed by atoms with van der Waals surface area (Å²) in [6.45, 7) is 4.33. The summed E-state index contributed by atoms with van der Waals surface area (Å²) in [5.41, 5.74) is 1.22. The highest BCUT2D eigenvalue weighted by Gasteiger charge is 2.11. The number of ether oxygens (including phenoxy) is 1. The molecule has 0 saturated carbocycles. The van der Waals surface area contributed by atoms with Crippen molar-refractivity contribution < 1.29 is 9.53 Å². The van der Waals surface area contributed by atoms with Crippen LogP contribution in [0.4, 0.5) is 0 Å². The number of hydrogen-bond donors (Lipinski definition) is 0. The molecule has 1 aromatic rings. The monoisotopic (exact) mass is 198 g/mol. The summed E-state index contributed by atoms with van der Waals surface area (Å²) in [6, 6.07) is 2.05. The number of hydrogen-bond acceptors (Lipinski definition) is 3. The minimum atomic E-state index is -0.110. The molecule has 0 amide bonds. The van der Waals surface area contributed by atoms with Gasteiger partial charge in [0.05, 0.1) is 13.0 Å². The van der Waals surface area contributed by atoms with E-state index in [-0.39, 0.29) is 11.9 Å². The molecule has 0 radical (unpaired) electrons. The maximum atomic E-state index is 11.1. The van der Waals surface area contributed by atoms with Gasteiger partial charge in [-0.25, -0.2) is 0 Å². The van der Waals surface area contributed by atoms with Crippen molar-refractivity contribution in [2.24, 2.45) is 0 Å². The van der Waals surface area contributed by atoms with E-state index in [1.54, 1.807) is 11.3 Å². The molecule has 0 saturated heterocycles. The molecule has 13 heavy (non-hydrogen) atoms. The van der Waals surface area contributed by atoms with Crippen LogP contribution in [-0.2, 0) is 9.53 Å². The lowest BCUT2D eigenvalue weighted by Gasteiger charge is -2.08. The highest BCUT2D eigenvalue weighted by atomic mass is 32.1. The molecule has 0 bridgehead atoms. The fourth-order valence-electron chi connectivity index (χ4n) is 1.14. The topological polar surface area (TPSA) is 26.3 Å². The lowest BCUT2D eigenvalue weighted by molar-refractivity contribution is -0.143. The van der Waals surface area contributed by atoms with Crippen molar-refractivity contribution in [3.63, 3.8) is 0 Å². The van der Waals surface area contributed by atoms with Gasteiger partial charge in [0.2, 0.25) is 0 Å². The maximum Gasteiger partial charge on any atom is 0.306 e. The van der Waals surface area contributed by atoms with Crippen LogP contribution in [-0.4, -0.2) is 12.6 Å². The Morgan fingerprint density at radius 2 is 2.46 bits per heavy atom. The number of thiophene rings is 1. The summed E-state index contributed by atoms with van der Waals surface area (Å²) in [6.07, 6.45) is 0.477. The first-order chi connectivity index (χ1) is 6.24. The second-order valence-electron chi connectivity index (χ2n) is 2.97. The van der Waals surface area contributed by atoms with Crippen molar-refractivity contribution >= 4 is 17.3 Å². The van der Waals surface area contributed by atoms with Crippen molar-refractivity contribution in [3.05, 3.63) is 22.4 Å². The minimum Gasteiger partial charge on any atom is -0.466 e. The van der Waals surface area contributed by atoms with Crippen LogP contribution in [0, 0.1) is 0 Å². The molecule has 1 rings (SSSR count). The maximum absolute atomic E-state index is 11.1. The Balaban J connectivity index is 2.42. The van der Waals surface area contributed by atoms with Crippen molar-refractivity contribution in [3.8, 4) is 0 Å². The first-order valence-corrected chi connectivity index (χ1v) is 5.36. The average molecular weight is 198 g/mol. The smallest absolute Gasteiger partial charge is 0.306 e. The van der Waals surface area contributed by atoms with Gasteiger partial charge in [0.25, 0.3) is 0 Å². The summed E-state index contributed by atoms with van der Waals surface area (Å²) >= 11 is 1.66. The molecule has 1 unspecified atom stereocenters. The lowest BCUT2D eigenvalue weighted by Crippen LogP contribution is -2.07. The van der Waals surface area contributed by atoms with Gasteiger partial charge in [-0.2, -0.15) is 11.3 Å². The third-order valence-electron chi connectivity index (χ3n) is 1.89. The summed E-state index contributed by atoms with van der Waals surface area (Å²) < 4.78 is 4.88. The third-order valence-corrected chi connectivity index (χ3v) is 2.59. The fourth-order valence-corrected chi connectivity index (χ4v) is 1.93. The third kappa shape index (κ3) is 3.19. The Morgan fingerprint density at radius 1 is 1.69 bits per heavy atom. The molecule has 1 aromatic heterocycles. The predicted molar refractivity (Wildman–Crippen MR) is 54.0 cm³/mol. The average Bonchev–Trinajstić information content (AvgIpc) is 2.55. The van der Waals surface area contributed by atoms with Crippen molar-refractivity contribution in [1.82, 2.24) is 0 Å². The highest BCUT2D eigenvalue weighted by molar-refractivity contribution is 7.07. The molecule has 0 aliphatic carbocycles. The quantitative estimate of drug-likeness (QED) is 0.695. The molecule has 0 fully saturated rings. The first kappa shape index (κ1) is 10.3. The Kier molecular flexibility index (Phi) is 3.96. The highest BCUT2D eigenvalue weighted by Crippen LogP contribution is 2.21. The molecular formula is C10H14O2S. The SMILES string of the molecule is CCOC(=O)CC(C)c1ccsc1. The van der Waals surface area contributed by atoms with Gasteiger partial charge in [-0.1, -0.05) is 6.92 Å². The van der Waals surface area contributed by atoms with Gasteiger partial charge >= 0.3 is 5.97 Å². The molecular weight excluding hydrogens is 184 g/mol. The molecule has 1 atom stereocenters. The van der Waals surface area contributed by atoms with Gasteiger partial charge in [0, 0.05) is 0 Å². The molecule has 0 aliphatic rings. The van der Waals surface area contributed by atoms with Crippen LogP contribution in [0.2, 0.25) is 0 Å². The van der Waals surface area contributed by atoms with Gasteiger partial charge in [-0.05, 0) is 35.2 Å². The van der Waals surface area contributed by atoms with Crippen LogP contribution in [0.1, 0.15) is 31.7 Å². The molecule has 0 N–H and O–H groups in total. The zero-order valence-corrected chi connectivity index (χ0v) is 8.76. The van der Waals surface area contributed by atoms with Crippen LogP contribution in [0.15, 0.2) is 16.8 Å². The Morgan fingerprint density at radius 3 is 3.00 bits per heavy atom. The summed E-state index contributed by atoms with van der Waals surface area (Å²) in [5, 5.41) is 4.10. The van der Waals surface area contributed by atoms with Crippen molar-refractivity contribution in [2.75, 3.05) is 6.61 Å². The van der Waals surface area contributed by atoms with E-state index in [1.807, 2.05) is 19.2 Å². The number of esters is 1. The summed E-state index contributed by atoms with van der Waals surface area (Å²) in [7, 11) is 0.